The number of hydrogen-bond donors (Lipinski definition) is 0. The molecule has 2 aromatic rings. The number of rotatable bonds is 6. The normalized spacial score (nSPS) is 18.7. The number of likely N-dealkylation sites (tertiary alicyclic amines) is 2. The fourth-order valence-electron chi connectivity index (χ4n) is 4.33. The summed E-state index contributed by atoms with van der Waals surface area (Å²) in [5.41, 5.74) is 0. The van der Waals surface area contributed by atoms with Crippen molar-refractivity contribution >= 4 is 17.5 Å². The fourth-order valence-corrected chi connectivity index (χ4v) is 4.45. The zero-order valence-electron chi connectivity index (χ0n) is 17.5. The van der Waals surface area contributed by atoms with Crippen molar-refractivity contribution in [3.8, 4) is 11.5 Å². The van der Waals surface area contributed by atoms with Crippen LogP contribution in [0.5, 0.6) is 11.5 Å². The number of nitrogens with zero attached hydrogens (tertiary/aromatic N) is 2. The number of carbonyl (C=O) groups excluding carboxylic acids is 1. The number of halogens is 2. The molecule has 1 amide bonds. The summed E-state index contributed by atoms with van der Waals surface area (Å²) in [6.07, 6.45) is 3.77. The molecule has 2 heterocycles. The van der Waals surface area contributed by atoms with Gasteiger partial charge < -0.3 is 14.4 Å². The Morgan fingerprint density at radius 1 is 0.968 bits per heavy atom. The quantitative estimate of drug-likeness (QED) is 0.660. The second kappa shape index (κ2) is 10.3. The van der Waals surface area contributed by atoms with Crippen LogP contribution >= 0.6 is 11.6 Å². The van der Waals surface area contributed by atoms with Gasteiger partial charge in [0.1, 0.15) is 11.9 Å². The van der Waals surface area contributed by atoms with E-state index in [0.29, 0.717) is 22.6 Å². The van der Waals surface area contributed by atoms with Gasteiger partial charge in [-0.25, -0.2) is 4.39 Å². The Labute approximate surface area is 187 Å². The number of para-hydroxylation sites is 1. The molecular formula is C24H28ClFN2O3. The number of benzene rings is 2. The van der Waals surface area contributed by atoms with Crippen LogP contribution in [0.25, 0.3) is 0 Å². The lowest BCUT2D eigenvalue weighted by Crippen LogP contribution is -2.50. The summed E-state index contributed by atoms with van der Waals surface area (Å²) in [4.78, 5) is 16.9. The van der Waals surface area contributed by atoms with Crippen LogP contribution in [0.1, 0.15) is 25.7 Å². The molecule has 2 aliphatic heterocycles. The molecule has 166 valence electrons. The van der Waals surface area contributed by atoms with Gasteiger partial charge in [-0.3, -0.25) is 9.69 Å². The van der Waals surface area contributed by atoms with E-state index in [1.807, 2.05) is 4.90 Å². The Balaban J connectivity index is 1.17. The molecule has 2 fully saturated rings. The average molecular weight is 447 g/mol. The molecule has 0 aromatic heterocycles. The second-order valence-corrected chi connectivity index (χ2v) is 8.57. The number of carbonyl (C=O) groups is 1. The highest BCUT2D eigenvalue weighted by molar-refractivity contribution is 6.30. The highest BCUT2D eigenvalue weighted by Crippen LogP contribution is 2.25. The molecule has 5 nitrogen and oxygen atoms in total. The Kier molecular flexibility index (Phi) is 7.30. The molecule has 0 atom stereocenters. The first-order chi connectivity index (χ1) is 15.1. The summed E-state index contributed by atoms with van der Waals surface area (Å²) in [7, 11) is 0. The number of amides is 1. The Morgan fingerprint density at radius 2 is 1.65 bits per heavy atom. The van der Waals surface area contributed by atoms with Gasteiger partial charge >= 0.3 is 0 Å². The van der Waals surface area contributed by atoms with Crippen LogP contribution in [0.4, 0.5) is 4.39 Å². The third-order valence-electron chi connectivity index (χ3n) is 6.12. The molecule has 2 saturated heterocycles. The minimum atomic E-state index is -0.304. The molecule has 0 saturated carbocycles. The van der Waals surface area contributed by atoms with Crippen molar-refractivity contribution in [2.45, 2.75) is 37.8 Å². The standard InChI is InChI=1S/C24H28ClFN2O3/c25-18-5-7-20(8-6-18)30-17-24(29)28-13-9-19(10-14-28)27-15-11-21(12-16-27)31-23-4-2-1-3-22(23)26/h1-8,19,21H,9-17H2. The van der Waals surface area contributed by atoms with Crippen molar-refractivity contribution < 1.29 is 18.7 Å². The Bertz CT molecular complexity index is 863. The van der Waals surface area contributed by atoms with Crippen molar-refractivity contribution in [2.24, 2.45) is 0 Å². The van der Waals surface area contributed by atoms with Crippen LogP contribution in [0.3, 0.4) is 0 Å². The van der Waals surface area contributed by atoms with E-state index < -0.39 is 0 Å². The van der Waals surface area contributed by atoms with E-state index >= 15 is 0 Å². The van der Waals surface area contributed by atoms with Crippen molar-refractivity contribution in [2.75, 3.05) is 32.8 Å². The van der Waals surface area contributed by atoms with Gasteiger partial charge in [0, 0.05) is 37.2 Å². The van der Waals surface area contributed by atoms with E-state index in [9.17, 15) is 9.18 Å². The summed E-state index contributed by atoms with van der Waals surface area (Å²) < 4.78 is 25.3. The first-order valence-electron chi connectivity index (χ1n) is 10.9. The number of hydrogen-bond acceptors (Lipinski definition) is 4. The minimum Gasteiger partial charge on any atom is -0.487 e. The number of ether oxygens (including phenoxy) is 2. The highest BCUT2D eigenvalue weighted by Gasteiger charge is 2.30. The first-order valence-corrected chi connectivity index (χ1v) is 11.3. The molecule has 2 aliphatic rings. The third-order valence-corrected chi connectivity index (χ3v) is 6.37. The van der Waals surface area contributed by atoms with Crippen LogP contribution in [0.15, 0.2) is 48.5 Å². The van der Waals surface area contributed by atoms with E-state index in [2.05, 4.69) is 4.90 Å². The molecule has 31 heavy (non-hydrogen) atoms. The van der Waals surface area contributed by atoms with Crippen molar-refractivity contribution in [3.63, 3.8) is 0 Å². The lowest BCUT2D eigenvalue weighted by atomic mass is 9.99. The van der Waals surface area contributed by atoms with Crippen LogP contribution in [0.2, 0.25) is 5.02 Å². The zero-order chi connectivity index (χ0) is 21.6. The summed E-state index contributed by atoms with van der Waals surface area (Å²) >= 11 is 5.87. The SMILES string of the molecule is O=C(COc1ccc(Cl)cc1)N1CCC(N2CCC(Oc3ccccc3F)CC2)CC1. The topological polar surface area (TPSA) is 42.0 Å². The van der Waals surface area contributed by atoms with Crippen molar-refractivity contribution in [3.05, 3.63) is 59.4 Å². The first kappa shape index (κ1) is 21.9. The van der Waals surface area contributed by atoms with Gasteiger partial charge in [0.2, 0.25) is 0 Å². The van der Waals surface area contributed by atoms with E-state index in [1.165, 1.54) is 6.07 Å². The van der Waals surface area contributed by atoms with Gasteiger partial charge in [-0.05, 0) is 62.1 Å². The highest BCUT2D eigenvalue weighted by atomic mass is 35.5. The maximum atomic E-state index is 13.8. The maximum absolute atomic E-state index is 13.8. The van der Waals surface area contributed by atoms with Gasteiger partial charge in [-0.15, -0.1) is 0 Å². The molecule has 0 unspecified atom stereocenters. The average Bonchev–Trinajstić information content (AvgIpc) is 2.81. The molecule has 2 aromatic carbocycles. The molecule has 7 heteroatoms. The smallest absolute Gasteiger partial charge is 0.260 e. The summed E-state index contributed by atoms with van der Waals surface area (Å²) in [5, 5.41) is 0.642. The molecule has 0 bridgehead atoms. The van der Waals surface area contributed by atoms with E-state index in [1.54, 1.807) is 42.5 Å². The predicted octanol–water partition coefficient (Wildman–Crippen LogP) is 4.39. The fraction of sp³-hybridized carbons (Fsp3) is 0.458. The predicted molar refractivity (Wildman–Crippen MR) is 118 cm³/mol. The van der Waals surface area contributed by atoms with Gasteiger partial charge in [0.15, 0.2) is 18.2 Å². The molecule has 4 rings (SSSR count). The van der Waals surface area contributed by atoms with E-state index in [0.717, 1.165) is 51.9 Å². The molecule has 0 radical (unpaired) electrons. The summed E-state index contributed by atoms with van der Waals surface area (Å²) in [5.74, 6) is 0.703. The molecule has 0 aliphatic carbocycles. The summed E-state index contributed by atoms with van der Waals surface area (Å²) in [6.45, 7) is 3.43. The van der Waals surface area contributed by atoms with Crippen LogP contribution in [0, 0.1) is 5.82 Å². The molecule has 0 N–H and O–H groups in total. The van der Waals surface area contributed by atoms with Gasteiger partial charge in [-0.1, -0.05) is 23.7 Å². The van der Waals surface area contributed by atoms with Gasteiger partial charge in [-0.2, -0.15) is 0 Å². The van der Waals surface area contributed by atoms with Crippen molar-refractivity contribution in [1.29, 1.82) is 0 Å². The maximum Gasteiger partial charge on any atom is 0.260 e. The monoisotopic (exact) mass is 446 g/mol. The Hall–Kier alpha value is -2.31. The lowest BCUT2D eigenvalue weighted by molar-refractivity contribution is -0.135. The molecule has 0 spiro atoms. The second-order valence-electron chi connectivity index (χ2n) is 8.14. The lowest BCUT2D eigenvalue weighted by Gasteiger charge is -2.41. The zero-order valence-corrected chi connectivity index (χ0v) is 18.3. The van der Waals surface area contributed by atoms with Crippen LogP contribution in [-0.2, 0) is 4.79 Å². The van der Waals surface area contributed by atoms with E-state index in [-0.39, 0.29) is 24.4 Å². The number of piperidine rings is 2. The third kappa shape index (κ3) is 5.89. The summed E-state index contributed by atoms with van der Waals surface area (Å²) in [6, 6.07) is 14.1. The van der Waals surface area contributed by atoms with Crippen LogP contribution < -0.4 is 9.47 Å². The Morgan fingerprint density at radius 3 is 2.32 bits per heavy atom. The van der Waals surface area contributed by atoms with Gasteiger partial charge in [0.05, 0.1) is 0 Å². The van der Waals surface area contributed by atoms with Crippen LogP contribution in [-0.4, -0.2) is 60.6 Å². The van der Waals surface area contributed by atoms with E-state index in [4.69, 9.17) is 21.1 Å². The van der Waals surface area contributed by atoms with Crippen molar-refractivity contribution in [1.82, 2.24) is 9.80 Å². The molecular weight excluding hydrogens is 419 g/mol. The van der Waals surface area contributed by atoms with Gasteiger partial charge in [0.25, 0.3) is 5.91 Å². The minimum absolute atomic E-state index is 0.0189. The largest absolute Gasteiger partial charge is 0.487 e.